The fourth-order valence-electron chi connectivity index (χ4n) is 7.05. The molecular weight excluding hydrogens is 1170 g/mol. The fraction of sp³-hybridized carbons (Fsp3) is 1.00. The summed E-state index contributed by atoms with van der Waals surface area (Å²) in [4.78, 5) is 0. The van der Waals surface area contributed by atoms with E-state index in [0.717, 1.165) is 7.05 Å². The third-order valence-corrected chi connectivity index (χ3v) is 17.3. The van der Waals surface area contributed by atoms with Gasteiger partial charge in [-0.05, 0) is 6.42 Å². The molecular formula is C32H29F39NSi+. The zero-order chi connectivity index (χ0) is 59.2. The van der Waals surface area contributed by atoms with Crippen LogP contribution in [0.4, 0.5) is 171 Å². The van der Waals surface area contributed by atoms with E-state index in [9.17, 15) is 145 Å². The molecule has 1 rings (SSSR count). The summed E-state index contributed by atoms with van der Waals surface area (Å²) in [5.41, 5.74) is 0. The van der Waals surface area contributed by atoms with E-state index in [4.69, 9.17) is 0 Å². The summed E-state index contributed by atoms with van der Waals surface area (Å²) < 4.78 is 541. The van der Waals surface area contributed by atoms with Gasteiger partial charge in [0.05, 0.1) is 34.8 Å². The van der Waals surface area contributed by atoms with Crippen LogP contribution in [0.25, 0.3) is 0 Å². The molecule has 0 spiro atoms. The van der Waals surface area contributed by atoms with Crippen LogP contribution in [-0.4, -0.2) is 147 Å². The number of hydrogen-bond acceptors (Lipinski definition) is 0. The highest BCUT2D eigenvalue weighted by molar-refractivity contribution is 6.79. The summed E-state index contributed by atoms with van der Waals surface area (Å²) in [5, 5.41) is 0. The maximum atomic E-state index is 15.1. The van der Waals surface area contributed by atoms with Gasteiger partial charge in [-0.3, -0.25) is 0 Å². The molecule has 0 radical (unpaired) electrons. The van der Waals surface area contributed by atoms with Gasteiger partial charge in [0.2, 0.25) is 0 Å². The molecule has 0 saturated carbocycles. The molecule has 438 valence electrons. The van der Waals surface area contributed by atoms with Crippen molar-refractivity contribution in [2.75, 3.05) is 26.7 Å². The molecule has 73 heavy (non-hydrogen) atoms. The largest absolute Gasteiger partial charge is 0.460 e. The molecule has 0 N–H and O–H groups in total. The summed E-state index contributed by atoms with van der Waals surface area (Å²) in [6, 6.07) is -11.5. The third kappa shape index (κ3) is 10.9. The number of hydrogen-bond donors (Lipinski definition) is 0. The van der Waals surface area contributed by atoms with Gasteiger partial charge in [-0.2, -0.15) is 171 Å². The Hall–Kier alpha value is -2.55. The lowest BCUT2D eigenvalue weighted by atomic mass is 9.93. The Balaban J connectivity index is 4.37. The van der Waals surface area contributed by atoms with Gasteiger partial charge in [-0.1, -0.05) is 24.2 Å². The second-order valence-electron chi connectivity index (χ2n) is 17.1. The summed E-state index contributed by atoms with van der Waals surface area (Å²) in [6.07, 6.45) is -37.4. The number of rotatable bonds is 25. The first kappa shape index (κ1) is 68.5. The Morgan fingerprint density at radius 2 is 0.466 bits per heavy atom. The zero-order valence-electron chi connectivity index (χ0n) is 34.9. The van der Waals surface area contributed by atoms with E-state index < -0.39 is 176 Å². The Kier molecular flexibility index (Phi) is 17.9. The maximum Gasteiger partial charge on any atom is 0.460 e. The number of nitrogens with zero attached hydrogens (tertiary/aromatic N) is 1. The lowest BCUT2D eigenvalue weighted by Gasteiger charge is -2.43. The van der Waals surface area contributed by atoms with Crippen LogP contribution in [0.15, 0.2) is 0 Å². The predicted octanol–water partition coefficient (Wildman–Crippen LogP) is 16.5. The number of alkyl halides is 39. The van der Waals surface area contributed by atoms with Gasteiger partial charge < -0.3 is 4.48 Å². The van der Waals surface area contributed by atoms with Crippen molar-refractivity contribution in [2.45, 2.75) is 170 Å². The van der Waals surface area contributed by atoms with E-state index in [1.165, 1.54) is 0 Å². The van der Waals surface area contributed by atoms with Crippen LogP contribution in [-0.2, 0) is 0 Å². The van der Waals surface area contributed by atoms with Crippen LogP contribution in [0, 0.1) is 0 Å². The molecule has 0 bridgehead atoms. The topological polar surface area (TPSA) is 0 Å². The Morgan fingerprint density at radius 3 is 0.658 bits per heavy atom. The third-order valence-electron chi connectivity index (χ3n) is 12.0. The van der Waals surface area contributed by atoms with E-state index in [0.29, 0.717) is 0 Å². The van der Waals surface area contributed by atoms with E-state index in [2.05, 4.69) is 0 Å². The molecule has 41 heteroatoms. The molecule has 0 aromatic carbocycles. The highest BCUT2D eigenvalue weighted by atomic mass is 28.3. The number of halogens is 39. The molecule has 1 nitrogen and oxygen atoms in total. The SMILES string of the molecule is C[N+]1(CCC[Si](CCC(F)(F)C(F)(F)C(F)(F)C(F)(F)C(F)(F)C(F)(F)F)(CCC(F)(F)C(F)(F)C(F)(F)C(F)(F)C(F)(F)C(F)(F)F)CCC(F)(F)C(F)(F)C(F)(F)C(F)(F)C(F)(F)C(F)(F)F)CCCC1. The molecule has 1 aliphatic rings. The smallest absolute Gasteiger partial charge is 0.326 e. The molecule has 0 unspecified atom stereocenters. The summed E-state index contributed by atoms with van der Waals surface area (Å²) in [5.74, 6) is -127. The highest BCUT2D eigenvalue weighted by Gasteiger charge is 2.93. The van der Waals surface area contributed by atoms with Crippen molar-refractivity contribution >= 4 is 8.07 Å². The zero-order valence-corrected chi connectivity index (χ0v) is 35.9. The molecule has 1 heterocycles. The minimum Gasteiger partial charge on any atom is -0.326 e. The van der Waals surface area contributed by atoms with Crippen molar-refractivity contribution in [2.24, 2.45) is 0 Å². The standard InChI is InChI=1S/C32H29F39NSi/c1-72(8-2-3-9-72)10-4-11-73(12-5-15(33,34)18(39,40)21(45,46)24(51,52)27(57,58)30(63,64)65,13-6-16(35,36)19(41,42)22(47,48)25(53,54)28(59,60)31(66,67)68)14-7-17(37,38)20(43,44)23(49,50)26(55,56)29(61,62)32(69,70)71/h2-14H2,1H3/q+1. The van der Waals surface area contributed by atoms with E-state index >= 15 is 26.3 Å². The van der Waals surface area contributed by atoms with Gasteiger partial charge in [-0.15, -0.1) is 0 Å². The van der Waals surface area contributed by atoms with Crippen molar-refractivity contribution in [3.63, 3.8) is 0 Å². The summed E-state index contributed by atoms with van der Waals surface area (Å²) in [6.45, 7) is -1.21. The molecule has 0 aromatic heterocycles. The minimum absolute atomic E-state index is 0.0909. The van der Waals surface area contributed by atoms with Crippen LogP contribution >= 0.6 is 0 Å². The van der Waals surface area contributed by atoms with Crippen LogP contribution < -0.4 is 0 Å². The quantitative estimate of drug-likeness (QED) is 0.0486. The summed E-state index contributed by atoms with van der Waals surface area (Å²) in [7, 11) is -5.65. The second-order valence-corrected chi connectivity index (χ2v) is 22.1. The lowest BCUT2D eigenvalue weighted by molar-refractivity contribution is -0.897. The predicted molar refractivity (Wildman–Crippen MR) is 166 cm³/mol. The van der Waals surface area contributed by atoms with Crippen molar-refractivity contribution in [3.05, 3.63) is 0 Å². The Bertz CT molecular complexity index is 1680. The average molecular weight is 1200 g/mol. The van der Waals surface area contributed by atoms with Crippen molar-refractivity contribution in [3.8, 4) is 0 Å². The average Bonchev–Trinajstić information content (AvgIpc) is 3.61. The van der Waals surface area contributed by atoms with Gasteiger partial charge in [0.25, 0.3) is 0 Å². The minimum atomic E-state index is -8.84. The van der Waals surface area contributed by atoms with Gasteiger partial charge in [0.15, 0.2) is 0 Å². The van der Waals surface area contributed by atoms with Crippen LogP contribution in [0.5, 0.6) is 0 Å². The molecule has 0 amide bonds. The van der Waals surface area contributed by atoms with Gasteiger partial charge in [-0.25, -0.2) is 0 Å². The Morgan fingerprint density at radius 1 is 0.274 bits per heavy atom. The highest BCUT2D eigenvalue weighted by Crippen LogP contribution is 2.65. The molecule has 0 atom stereocenters. The number of quaternary nitrogens is 1. The van der Waals surface area contributed by atoms with E-state index in [1.54, 1.807) is 0 Å². The van der Waals surface area contributed by atoms with Crippen molar-refractivity contribution in [1.82, 2.24) is 0 Å². The molecule has 1 saturated heterocycles. The van der Waals surface area contributed by atoms with Gasteiger partial charge in [0.1, 0.15) is 0 Å². The monoisotopic (exact) mass is 1200 g/mol. The second kappa shape index (κ2) is 19.1. The first-order valence-electron chi connectivity index (χ1n) is 19.0. The van der Waals surface area contributed by atoms with Gasteiger partial charge >= 0.3 is 107 Å². The van der Waals surface area contributed by atoms with Crippen molar-refractivity contribution < 1.29 is 176 Å². The van der Waals surface area contributed by atoms with Crippen LogP contribution in [0.3, 0.4) is 0 Å². The van der Waals surface area contributed by atoms with Crippen LogP contribution in [0.2, 0.25) is 24.2 Å². The first-order chi connectivity index (χ1) is 31.3. The Labute approximate surface area is 381 Å². The van der Waals surface area contributed by atoms with Crippen molar-refractivity contribution in [1.29, 1.82) is 0 Å². The molecule has 1 aliphatic heterocycles. The molecule has 1 fully saturated rings. The van der Waals surface area contributed by atoms with Gasteiger partial charge in [0, 0.05) is 32.1 Å². The van der Waals surface area contributed by atoms with E-state index in [1.807, 2.05) is 0 Å². The summed E-state index contributed by atoms with van der Waals surface area (Å²) >= 11 is 0. The van der Waals surface area contributed by atoms with Crippen LogP contribution in [0.1, 0.15) is 38.5 Å². The molecule has 0 aromatic rings. The number of likely N-dealkylation sites (tertiary alicyclic amines) is 1. The first-order valence-corrected chi connectivity index (χ1v) is 21.8. The van der Waals surface area contributed by atoms with E-state index in [-0.39, 0.29) is 25.9 Å². The molecule has 0 aliphatic carbocycles. The lowest BCUT2D eigenvalue weighted by Crippen LogP contribution is -2.70. The fourth-order valence-corrected chi connectivity index (χ4v) is 12.0. The maximum absolute atomic E-state index is 15.1. The normalized spacial score (nSPS) is 18.2.